The first-order valence-corrected chi connectivity index (χ1v) is 9.52. The van der Waals surface area contributed by atoms with Crippen LogP contribution in [0.25, 0.3) is 0 Å². The molecule has 2 aromatic carbocycles. The van der Waals surface area contributed by atoms with Gasteiger partial charge in [0.1, 0.15) is 5.37 Å². The van der Waals surface area contributed by atoms with Gasteiger partial charge in [0.05, 0.1) is 0 Å². The van der Waals surface area contributed by atoms with E-state index in [2.05, 4.69) is 47.2 Å². The first-order valence-electron chi connectivity index (χ1n) is 6.80. The molecule has 0 aliphatic heterocycles. The van der Waals surface area contributed by atoms with E-state index in [1.807, 2.05) is 35.3 Å². The maximum absolute atomic E-state index is 6.01. The van der Waals surface area contributed by atoms with Crippen LogP contribution in [0.5, 0.6) is 0 Å². The molecular weight excluding hydrogens is 350 g/mol. The predicted octanol–water partition coefficient (Wildman–Crippen LogP) is 6.41. The van der Waals surface area contributed by atoms with E-state index in [-0.39, 0.29) is 5.37 Å². The highest BCUT2D eigenvalue weighted by Gasteiger charge is 2.15. The molecule has 0 radical (unpaired) electrons. The van der Waals surface area contributed by atoms with Crippen LogP contribution in [-0.4, -0.2) is 4.57 Å². The average Bonchev–Trinajstić information content (AvgIpc) is 2.96. The van der Waals surface area contributed by atoms with Crippen molar-refractivity contribution in [3.8, 4) is 0 Å². The molecule has 0 spiro atoms. The van der Waals surface area contributed by atoms with Crippen molar-refractivity contribution in [2.24, 2.45) is 0 Å². The van der Waals surface area contributed by atoms with Gasteiger partial charge in [0, 0.05) is 22.4 Å². The third-order valence-corrected chi connectivity index (χ3v) is 6.00. The summed E-state index contributed by atoms with van der Waals surface area (Å²) in [6.45, 7) is 0. The van der Waals surface area contributed by atoms with Crippen LogP contribution in [-0.2, 0) is 5.75 Å². The summed E-state index contributed by atoms with van der Waals surface area (Å²) in [5, 5.41) is 2.95. The van der Waals surface area contributed by atoms with Gasteiger partial charge in [-0.1, -0.05) is 54.1 Å². The van der Waals surface area contributed by atoms with Crippen molar-refractivity contribution in [2.45, 2.75) is 11.1 Å². The molecule has 0 aliphatic carbocycles. The first-order chi connectivity index (χ1) is 10.7. The molecule has 22 heavy (non-hydrogen) atoms. The Labute approximate surface area is 148 Å². The topological polar surface area (TPSA) is 4.93 Å². The summed E-state index contributed by atoms with van der Waals surface area (Å²) in [6.07, 6.45) is 2.06. The Morgan fingerprint density at radius 1 is 1.09 bits per heavy atom. The van der Waals surface area contributed by atoms with Crippen LogP contribution >= 0.6 is 46.9 Å². The Morgan fingerprint density at radius 2 is 1.82 bits per heavy atom. The van der Waals surface area contributed by atoms with Gasteiger partial charge in [0.2, 0.25) is 0 Å². The SMILES string of the molecule is S=c1sccn1C(SCc1ccccc1)c1ccc(Cl)cc1. The second kappa shape index (κ2) is 7.47. The summed E-state index contributed by atoms with van der Waals surface area (Å²) in [4.78, 5) is 0. The molecule has 0 amide bonds. The number of thioether (sulfide) groups is 1. The lowest BCUT2D eigenvalue weighted by Gasteiger charge is -2.19. The zero-order valence-electron chi connectivity index (χ0n) is 11.7. The fraction of sp³-hybridized carbons (Fsp3) is 0.118. The molecule has 1 heterocycles. The Morgan fingerprint density at radius 3 is 2.45 bits per heavy atom. The molecule has 1 atom stereocenters. The van der Waals surface area contributed by atoms with E-state index in [1.54, 1.807) is 11.3 Å². The molecule has 0 bridgehead atoms. The van der Waals surface area contributed by atoms with Crippen molar-refractivity contribution in [3.63, 3.8) is 0 Å². The van der Waals surface area contributed by atoms with E-state index in [0.29, 0.717) is 0 Å². The largest absolute Gasteiger partial charge is 0.313 e. The predicted molar refractivity (Wildman–Crippen MR) is 100 cm³/mol. The lowest BCUT2D eigenvalue weighted by atomic mass is 10.2. The highest BCUT2D eigenvalue weighted by atomic mass is 35.5. The molecule has 3 rings (SSSR count). The van der Waals surface area contributed by atoms with E-state index < -0.39 is 0 Å². The van der Waals surface area contributed by atoms with Gasteiger partial charge in [0.15, 0.2) is 3.95 Å². The van der Waals surface area contributed by atoms with Gasteiger partial charge < -0.3 is 4.57 Å². The summed E-state index contributed by atoms with van der Waals surface area (Å²) in [5.74, 6) is 0.936. The Bertz CT molecular complexity index is 777. The number of aromatic nitrogens is 1. The number of benzene rings is 2. The maximum atomic E-state index is 6.01. The van der Waals surface area contributed by atoms with Crippen LogP contribution in [0.4, 0.5) is 0 Å². The van der Waals surface area contributed by atoms with Crippen molar-refractivity contribution in [1.29, 1.82) is 0 Å². The Balaban J connectivity index is 1.88. The molecule has 1 unspecified atom stereocenters. The molecule has 1 nitrogen and oxygen atoms in total. The molecular formula is C17H14ClNS3. The molecule has 0 saturated heterocycles. The average molecular weight is 364 g/mol. The quantitative estimate of drug-likeness (QED) is 0.482. The van der Waals surface area contributed by atoms with Crippen molar-refractivity contribution in [3.05, 3.63) is 86.3 Å². The number of hydrogen-bond donors (Lipinski definition) is 0. The smallest absolute Gasteiger partial charge is 0.162 e. The van der Waals surface area contributed by atoms with Gasteiger partial charge in [0.25, 0.3) is 0 Å². The third-order valence-electron chi connectivity index (χ3n) is 3.26. The standard InChI is InChI=1S/C17H14ClNS3/c18-15-8-6-14(7-9-15)16(19-10-11-21-17(19)20)22-12-13-4-2-1-3-5-13/h1-11,16H,12H2. The molecule has 1 aromatic heterocycles. The summed E-state index contributed by atoms with van der Waals surface area (Å²) in [5.41, 5.74) is 2.52. The van der Waals surface area contributed by atoms with Gasteiger partial charge in [-0.2, -0.15) is 0 Å². The van der Waals surface area contributed by atoms with Gasteiger partial charge in [-0.15, -0.1) is 23.1 Å². The van der Waals surface area contributed by atoms with E-state index >= 15 is 0 Å². The molecule has 0 fully saturated rings. The van der Waals surface area contributed by atoms with Gasteiger partial charge >= 0.3 is 0 Å². The summed E-state index contributed by atoms with van der Waals surface area (Å²) in [6, 6.07) is 18.5. The normalized spacial score (nSPS) is 12.2. The fourth-order valence-corrected chi connectivity index (χ4v) is 4.58. The van der Waals surface area contributed by atoms with Crippen LogP contribution in [0.15, 0.2) is 66.2 Å². The molecule has 112 valence electrons. The maximum Gasteiger partial charge on any atom is 0.162 e. The Kier molecular flexibility index (Phi) is 5.37. The molecule has 0 aliphatic rings. The van der Waals surface area contributed by atoms with E-state index in [4.69, 9.17) is 23.8 Å². The monoisotopic (exact) mass is 363 g/mol. The molecule has 0 N–H and O–H groups in total. The van der Waals surface area contributed by atoms with Crippen LogP contribution in [0, 0.1) is 3.95 Å². The van der Waals surface area contributed by atoms with E-state index in [9.17, 15) is 0 Å². The second-order valence-electron chi connectivity index (χ2n) is 4.78. The fourth-order valence-electron chi connectivity index (χ4n) is 2.16. The minimum Gasteiger partial charge on any atom is -0.313 e. The Hall–Kier alpha value is -1.07. The minimum atomic E-state index is 0.163. The first kappa shape index (κ1) is 15.8. The van der Waals surface area contributed by atoms with Crippen molar-refractivity contribution in [1.82, 2.24) is 4.57 Å². The van der Waals surface area contributed by atoms with Crippen LogP contribution < -0.4 is 0 Å². The summed E-state index contributed by atoms with van der Waals surface area (Å²) in [7, 11) is 0. The van der Waals surface area contributed by atoms with Crippen LogP contribution in [0.1, 0.15) is 16.5 Å². The number of halogens is 1. The lowest BCUT2D eigenvalue weighted by molar-refractivity contribution is 0.777. The van der Waals surface area contributed by atoms with E-state index in [1.165, 1.54) is 11.1 Å². The summed E-state index contributed by atoms with van der Waals surface area (Å²) >= 11 is 14.9. The van der Waals surface area contributed by atoms with Crippen LogP contribution in [0.3, 0.4) is 0 Å². The molecule has 0 saturated carbocycles. The van der Waals surface area contributed by atoms with Gasteiger partial charge in [-0.05, 0) is 35.5 Å². The lowest BCUT2D eigenvalue weighted by Crippen LogP contribution is -2.06. The highest BCUT2D eigenvalue weighted by molar-refractivity contribution is 7.98. The number of thiazole rings is 1. The van der Waals surface area contributed by atoms with Crippen molar-refractivity contribution >= 4 is 46.9 Å². The molecule has 5 heteroatoms. The summed E-state index contributed by atoms with van der Waals surface area (Å²) < 4.78 is 3.04. The van der Waals surface area contributed by atoms with Gasteiger partial charge in [-0.3, -0.25) is 0 Å². The number of nitrogens with zero attached hydrogens (tertiary/aromatic N) is 1. The number of hydrogen-bond acceptors (Lipinski definition) is 3. The van der Waals surface area contributed by atoms with Crippen molar-refractivity contribution < 1.29 is 0 Å². The van der Waals surface area contributed by atoms with Crippen molar-refractivity contribution in [2.75, 3.05) is 0 Å². The zero-order valence-corrected chi connectivity index (χ0v) is 14.9. The van der Waals surface area contributed by atoms with E-state index in [0.717, 1.165) is 14.7 Å². The second-order valence-corrected chi connectivity index (χ2v) is 7.82. The van der Waals surface area contributed by atoms with Crippen LogP contribution in [0.2, 0.25) is 5.02 Å². The number of rotatable bonds is 5. The highest BCUT2D eigenvalue weighted by Crippen LogP contribution is 2.34. The molecule has 3 aromatic rings. The minimum absolute atomic E-state index is 0.163. The van der Waals surface area contributed by atoms with Gasteiger partial charge in [-0.25, -0.2) is 0 Å². The zero-order chi connectivity index (χ0) is 15.4. The third kappa shape index (κ3) is 3.82.